The van der Waals surface area contributed by atoms with E-state index in [0.717, 1.165) is 5.56 Å². The molecule has 0 saturated heterocycles. The Morgan fingerprint density at radius 2 is 1.89 bits per heavy atom. The van der Waals surface area contributed by atoms with Gasteiger partial charge in [-0.05, 0) is 35.9 Å². The van der Waals surface area contributed by atoms with E-state index in [1.165, 1.54) is 23.9 Å². The highest BCUT2D eigenvalue weighted by Crippen LogP contribution is 2.20. The van der Waals surface area contributed by atoms with Crippen LogP contribution in [0, 0.1) is 5.82 Å². The van der Waals surface area contributed by atoms with Crippen LogP contribution in [0.5, 0.6) is 0 Å². The number of nitrogens with one attached hydrogen (secondary N) is 2. The van der Waals surface area contributed by atoms with Crippen molar-refractivity contribution in [3.05, 3.63) is 76.5 Å². The molecule has 0 bridgehead atoms. The van der Waals surface area contributed by atoms with Gasteiger partial charge >= 0.3 is 0 Å². The van der Waals surface area contributed by atoms with Crippen LogP contribution in [-0.2, 0) is 11.3 Å². The lowest BCUT2D eigenvalue weighted by Gasteiger charge is -2.07. The van der Waals surface area contributed by atoms with E-state index < -0.39 is 5.82 Å². The van der Waals surface area contributed by atoms with Gasteiger partial charge in [0.25, 0.3) is 0 Å². The van der Waals surface area contributed by atoms with Crippen molar-refractivity contribution in [3.8, 4) is 0 Å². The summed E-state index contributed by atoms with van der Waals surface area (Å²) in [5, 5.41) is 14.5. The molecule has 0 fully saturated rings. The average Bonchev–Trinajstić information content (AvgIpc) is 2.68. The van der Waals surface area contributed by atoms with Crippen molar-refractivity contribution in [1.82, 2.24) is 10.2 Å². The number of thioether (sulfide) groups is 1. The molecule has 0 atom stereocenters. The van der Waals surface area contributed by atoms with E-state index in [4.69, 9.17) is 0 Å². The van der Waals surface area contributed by atoms with Gasteiger partial charge < -0.3 is 10.6 Å². The van der Waals surface area contributed by atoms with E-state index in [0.29, 0.717) is 21.9 Å². The largest absolute Gasteiger partial charge is 0.365 e. The minimum Gasteiger partial charge on any atom is -0.365 e. The van der Waals surface area contributed by atoms with Crippen LogP contribution in [0.25, 0.3) is 0 Å². The van der Waals surface area contributed by atoms with Crippen molar-refractivity contribution in [2.24, 2.45) is 0 Å². The van der Waals surface area contributed by atoms with Crippen LogP contribution in [0.4, 0.5) is 15.9 Å². The zero-order valence-electron chi connectivity index (χ0n) is 14.2. The number of carbonyl (C=O) groups excluding carboxylic acids is 1. The van der Waals surface area contributed by atoms with Crippen LogP contribution < -0.4 is 10.6 Å². The summed E-state index contributed by atoms with van der Waals surface area (Å²) in [4.78, 5) is 12.0. The monoisotopic (exact) mass is 446 g/mol. The van der Waals surface area contributed by atoms with Crippen molar-refractivity contribution in [3.63, 3.8) is 0 Å². The number of nitrogens with zero attached hydrogens (tertiary/aromatic N) is 2. The summed E-state index contributed by atoms with van der Waals surface area (Å²) in [6.07, 6.45) is 0. The lowest BCUT2D eigenvalue weighted by Crippen LogP contribution is -2.15. The summed E-state index contributed by atoms with van der Waals surface area (Å²) < 4.78 is 14.3. The van der Waals surface area contributed by atoms with Gasteiger partial charge in [0.1, 0.15) is 16.7 Å². The second-order valence-electron chi connectivity index (χ2n) is 5.56. The topological polar surface area (TPSA) is 66.9 Å². The number of halogens is 2. The number of hydrogen-bond acceptors (Lipinski definition) is 5. The highest BCUT2D eigenvalue weighted by Gasteiger charge is 2.09. The molecule has 2 aromatic carbocycles. The van der Waals surface area contributed by atoms with E-state index >= 15 is 0 Å². The average molecular weight is 447 g/mol. The third-order valence-corrected chi connectivity index (χ3v) is 4.93. The second kappa shape index (κ2) is 9.48. The lowest BCUT2D eigenvalue weighted by atomic mass is 10.2. The maximum atomic E-state index is 13.7. The summed E-state index contributed by atoms with van der Waals surface area (Å²) in [7, 11) is 0. The zero-order valence-corrected chi connectivity index (χ0v) is 16.6. The van der Waals surface area contributed by atoms with Gasteiger partial charge in [-0.3, -0.25) is 4.79 Å². The van der Waals surface area contributed by atoms with E-state index in [1.807, 2.05) is 36.4 Å². The zero-order chi connectivity index (χ0) is 19.1. The van der Waals surface area contributed by atoms with Gasteiger partial charge in [0, 0.05) is 11.0 Å². The van der Waals surface area contributed by atoms with Crippen LogP contribution in [0.3, 0.4) is 0 Å². The van der Waals surface area contributed by atoms with Gasteiger partial charge in [-0.1, -0.05) is 58.0 Å². The quantitative estimate of drug-likeness (QED) is 0.513. The third-order valence-electron chi connectivity index (χ3n) is 3.51. The first-order valence-corrected chi connectivity index (χ1v) is 9.87. The van der Waals surface area contributed by atoms with Crippen LogP contribution >= 0.6 is 27.7 Å². The molecule has 0 aliphatic carbocycles. The molecule has 138 valence electrons. The van der Waals surface area contributed by atoms with Gasteiger partial charge in [0.15, 0.2) is 0 Å². The lowest BCUT2D eigenvalue weighted by molar-refractivity contribution is -0.113. The Bertz CT molecular complexity index is 909. The van der Waals surface area contributed by atoms with E-state index in [1.54, 1.807) is 12.1 Å². The Kier molecular flexibility index (Phi) is 6.78. The van der Waals surface area contributed by atoms with Crippen molar-refractivity contribution >= 4 is 45.1 Å². The molecule has 1 heterocycles. The van der Waals surface area contributed by atoms with Gasteiger partial charge in [-0.2, -0.15) is 0 Å². The van der Waals surface area contributed by atoms with E-state index in [9.17, 15) is 9.18 Å². The summed E-state index contributed by atoms with van der Waals surface area (Å²) in [5.41, 5.74) is 1.30. The van der Waals surface area contributed by atoms with Gasteiger partial charge in [-0.15, -0.1) is 10.2 Å². The minimum atomic E-state index is -0.489. The van der Waals surface area contributed by atoms with Crippen LogP contribution in [-0.4, -0.2) is 21.9 Å². The highest BCUT2D eigenvalue weighted by molar-refractivity contribution is 9.10. The molecule has 3 aromatic rings. The van der Waals surface area contributed by atoms with Crippen LogP contribution in [0.2, 0.25) is 0 Å². The molecule has 3 rings (SSSR count). The summed E-state index contributed by atoms with van der Waals surface area (Å²) in [5.74, 6) is -0.0312. The highest BCUT2D eigenvalue weighted by atomic mass is 79.9. The van der Waals surface area contributed by atoms with Crippen molar-refractivity contribution < 1.29 is 9.18 Å². The number of aromatic nitrogens is 2. The number of benzene rings is 2. The maximum Gasteiger partial charge on any atom is 0.234 e. The van der Waals surface area contributed by atoms with Gasteiger partial charge in [-0.25, -0.2) is 4.39 Å². The molecule has 8 heteroatoms. The fourth-order valence-electron chi connectivity index (χ4n) is 2.20. The fourth-order valence-corrected chi connectivity index (χ4v) is 3.14. The molecule has 0 unspecified atom stereocenters. The van der Waals surface area contributed by atoms with Crippen molar-refractivity contribution in [2.45, 2.75) is 11.6 Å². The molecule has 1 aromatic heterocycles. The normalized spacial score (nSPS) is 10.4. The summed E-state index contributed by atoms with van der Waals surface area (Å²) in [6.45, 7) is 0.656. The Labute approximate surface area is 168 Å². The predicted molar refractivity (Wildman–Crippen MR) is 109 cm³/mol. The predicted octanol–water partition coefficient (Wildman–Crippen LogP) is 4.72. The first-order valence-electron chi connectivity index (χ1n) is 8.09. The number of rotatable bonds is 7. The summed E-state index contributed by atoms with van der Waals surface area (Å²) >= 11 is 4.41. The Morgan fingerprint density at radius 1 is 1.07 bits per heavy atom. The molecule has 0 spiro atoms. The number of anilines is 2. The second-order valence-corrected chi connectivity index (χ2v) is 7.47. The molecule has 27 heavy (non-hydrogen) atoms. The smallest absolute Gasteiger partial charge is 0.234 e. The first-order chi connectivity index (χ1) is 13.1. The number of amides is 1. The van der Waals surface area contributed by atoms with Gasteiger partial charge in [0.2, 0.25) is 5.91 Å². The number of hydrogen-bond donors (Lipinski definition) is 2. The van der Waals surface area contributed by atoms with Crippen molar-refractivity contribution in [1.29, 1.82) is 0 Å². The van der Waals surface area contributed by atoms with Gasteiger partial charge in [0.05, 0.1) is 11.4 Å². The molecule has 0 radical (unpaired) electrons. The first kappa shape index (κ1) is 19.3. The van der Waals surface area contributed by atoms with Crippen LogP contribution in [0.15, 0.2) is 70.2 Å². The molecule has 0 aliphatic rings. The molecular formula is C19H16BrFN4OS. The molecule has 1 amide bonds. The molecule has 2 N–H and O–H groups in total. The van der Waals surface area contributed by atoms with E-state index in [-0.39, 0.29) is 17.3 Å². The Balaban J connectivity index is 1.47. The van der Waals surface area contributed by atoms with Crippen LogP contribution in [0.1, 0.15) is 5.56 Å². The van der Waals surface area contributed by atoms with Crippen molar-refractivity contribution in [2.75, 3.05) is 16.4 Å². The molecule has 5 nitrogen and oxygen atoms in total. The van der Waals surface area contributed by atoms with E-state index in [2.05, 4.69) is 36.8 Å². The summed E-state index contributed by atoms with van der Waals surface area (Å²) in [6, 6.07) is 18.1. The third kappa shape index (κ3) is 6.04. The standard InChI is InChI=1S/C19H16BrFN4OS/c20-14-6-7-16(15(21)10-14)23-18(26)12-27-19-9-8-17(24-25-19)22-11-13-4-2-1-3-5-13/h1-10H,11-12H2,(H,22,24)(H,23,26). The maximum absolute atomic E-state index is 13.7. The molecule has 0 saturated carbocycles. The Morgan fingerprint density at radius 3 is 2.59 bits per heavy atom. The fraction of sp³-hybridized carbons (Fsp3) is 0.105. The molecular weight excluding hydrogens is 431 g/mol. The number of carbonyl (C=O) groups is 1. The Hall–Kier alpha value is -2.45. The molecule has 0 aliphatic heterocycles. The minimum absolute atomic E-state index is 0.112. The SMILES string of the molecule is O=C(CSc1ccc(NCc2ccccc2)nn1)Nc1ccc(Br)cc1F.